The number of allylic oxidation sites excluding steroid dienone is 3. The number of hydrogen-bond donors (Lipinski definition) is 4. The molecule has 5 N–H and O–H groups in total. The molecule has 2 aliphatic heterocycles. The average molecular weight is 427 g/mol. The summed E-state index contributed by atoms with van der Waals surface area (Å²) < 4.78 is 0.912. The molecule has 4 rings (SSSR count). The van der Waals surface area contributed by atoms with Crippen LogP contribution in [0.5, 0.6) is 0 Å². The summed E-state index contributed by atoms with van der Waals surface area (Å²) in [6.07, 6.45) is 4.62. The number of β-lactam (4-membered cyclic amide) rings is 1. The van der Waals surface area contributed by atoms with E-state index in [1.165, 1.54) is 16.2 Å². The summed E-state index contributed by atoms with van der Waals surface area (Å²) in [6, 6.07) is 4.45. The largest absolute Gasteiger partial charge is 0.477 e. The molecular weight excluding hydrogens is 406 g/mol. The number of aliphatic carboxylic acids is 1. The standard InChI is InChI=1S/C20H21N5O4S/c1-2-3-10-4-7-13-16(18(27)25(13)17(10)19(28)29)24-15(26)9-22-11-5-6-12-14(8-11)30-20(21)23-12/h2-3,5-6,8,13,16,22H,4,7,9H2,1H3,(H2,21,23)(H,24,26)(H,28,29)/t13-,16+/m1/s1. The van der Waals surface area contributed by atoms with Crippen LogP contribution in [0.1, 0.15) is 19.8 Å². The molecule has 2 atom stereocenters. The van der Waals surface area contributed by atoms with E-state index in [-0.39, 0.29) is 24.2 Å². The maximum absolute atomic E-state index is 12.6. The van der Waals surface area contributed by atoms with Gasteiger partial charge in [0.25, 0.3) is 5.91 Å². The molecule has 0 aliphatic carbocycles. The molecule has 0 spiro atoms. The van der Waals surface area contributed by atoms with Crippen LogP contribution in [0.2, 0.25) is 0 Å². The van der Waals surface area contributed by atoms with Gasteiger partial charge in [0, 0.05) is 5.69 Å². The Morgan fingerprint density at radius 2 is 2.23 bits per heavy atom. The Kier molecular flexibility index (Phi) is 5.17. The summed E-state index contributed by atoms with van der Waals surface area (Å²) in [5.41, 5.74) is 7.88. The number of nitrogen functional groups attached to an aromatic ring is 1. The van der Waals surface area contributed by atoms with Crippen LogP contribution in [-0.2, 0) is 14.4 Å². The summed E-state index contributed by atoms with van der Waals surface area (Å²) in [5.74, 6) is -1.86. The number of carbonyl (C=O) groups is 3. The minimum atomic E-state index is -1.13. The smallest absolute Gasteiger partial charge is 0.352 e. The normalized spacial score (nSPS) is 21.0. The summed E-state index contributed by atoms with van der Waals surface area (Å²) in [4.78, 5) is 42.1. The first kappa shape index (κ1) is 19.9. The van der Waals surface area contributed by atoms with Gasteiger partial charge >= 0.3 is 5.97 Å². The number of carboxylic acid groups (broad SMARTS) is 1. The average Bonchev–Trinajstić information content (AvgIpc) is 3.09. The molecule has 2 aromatic rings. The fourth-order valence-electron chi connectivity index (χ4n) is 3.91. The van der Waals surface area contributed by atoms with E-state index < -0.39 is 17.9 Å². The maximum Gasteiger partial charge on any atom is 0.352 e. The van der Waals surface area contributed by atoms with Crippen LogP contribution >= 0.6 is 11.3 Å². The number of nitrogens with two attached hydrogens (primary N) is 1. The van der Waals surface area contributed by atoms with Crippen molar-refractivity contribution in [3.8, 4) is 0 Å². The number of hydrogen-bond acceptors (Lipinski definition) is 7. The minimum absolute atomic E-state index is 0.00936. The lowest BCUT2D eigenvalue weighted by atomic mass is 9.83. The second kappa shape index (κ2) is 7.79. The molecule has 1 aromatic carbocycles. The molecule has 9 nitrogen and oxygen atoms in total. The zero-order chi connectivity index (χ0) is 21.4. The molecule has 1 fully saturated rings. The van der Waals surface area contributed by atoms with Gasteiger partial charge in [-0.15, -0.1) is 0 Å². The van der Waals surface area contributed by atoms with E-state index >= 15 is 0 Å². The van der Waals surface area contributed by atoms with Gasteiger partial charge in [0.15, 0.2) is 5.13 Å². The van der Waals surface area contributed by atoms with Crippen LogP contribution in [0, 0.1) is 0 Å². The Morgan fingerprint density at radius 3 is 2.97 bits per heavy atom. The third-order valence-electron chi connectivity index (χ3n) is 5.22. The zero-order valence-corrected chi connectivity index (χ0v) is 17.0. The van der Waals surface area contributed by atoms with Crippen molar-refractivity contribution in [1.29, 1.82) is 0 Å². The first-order chi connectivity index (χ1) is 14.4. The first-order valence-electron chi connectivity index (χ1n) is 9.50. The number of benzene rings is 1. The van der Waals surface area contributed by atoms with Gasteiger partial charge in [0.2, 0.25) is 5.91 Å². The van der Waals surface area contributed by atoms with E-state index in [1.807, 2.05) is 12.1 Å². The Balaban J connectivity index is 1.38. The van der Waals surface area contributed by atoms with Crippen molar-refractivity contribution in [1.82, 2.24) is 15.2 Å². The molecule has 0 bridgehead atoms. The number of anilines is 2. The number of carbonyl (C=O) groups excluding carboxylic acids is 2. The molecule has 10 heteroatoms. The number of aromatic nitrogens is 1. The van der Waals surface area contributed by atoms with E-state index in [2.05, 4.69) is 15.6 Å². The third-order valence-corrected chi connectivity index (χ3v) is 6.07. The van der Waals surface area contributed by atoms with Crippen LogP contribution in [0.3, 0.4) is 0 Å². The van der Waals surface area contributed by atoms with Gasteiger partial charge in [0.05, 0.1) is 22.8 Å². The van der Waals surface area contributed by atoms with Gasteiger partial charge in [-0.3, -0.25) is 14.5 Å². The van der Waals surface area contributed by atoms with Gasteiger partial charge in [-0.1, -0.05) is 23.5 Å². The first-order valence-corrected chi connectivity index (χ1v) is 10.3. The maximum atomic E-state index is 12.6. The molecule has 1 aromatic heterocycles. The summed E-state index contributed by atoms with van der Waals surface area (Å²) in [5, 5.41) is 15.8. The predicted octanol–water partition coefficient (Wildman–Crippen LogP) is 1.69. The van der Waals surface area contributed by atoms with Gasteiger partial charge in [-0.2, -0.15) is 0 Å². The van der Waals surface area contributed by atoms with Crippen LogP contribution in [-0.4, -0.2) is 51.4 Å². The highest BCUT2D eigenvalue weighted by molar-refractivity contribution is 7.22. The minimum Gasteiger partial charge on any atom is -0.477 e. The number of amides is 2. The topological polar surface area (TPSA) is 138 Å². The van der Waals surface area contributed by atoms with Crippen molar-refractivity contribution < 1.29 is 19.5 Å². The zero-order valence-electron chi connectivity index (χ0n) is 16.2. The fourth-order valence-corrected chi connectivity index (χ4v) is 4.69. The van der Waals surface area contributed by atoms with Crippen LogP contribution < -0.4 is 16.4 Å². The quantitative estimate of drug-likeness (QED) is 0.515. The summed E-state index contributed by atoms with van der Waals surface area (Å²) in [6.45, 7) is 1.79. The highest BCUT2D eigenvalue weighted by Crippen LogP contribution is 2.37. The molecule has 2 aliphatic rings. The lowest BCUT2D eigenvalue weighted by Gasteiger charge is -2.50. The van der Waals surface area contributed by atoms with Crippen LogP contribution in [0.15, 0.2) is 41.6 Å². The lowest BCUT2D eigenvalue weighted by molar-refractivity contribution is -0.155. The van der Waals surface area contributed by atoms with E-state index in [1.54, 1.807) is 25.1 Å². The fraction of sp³-hybridized carbons (Fsp3) is 0.300. The molecule has 0 saturated carbocycles. The number of nitrogens with zero attached hydrogens (tertiary/aromatic N) is 2. The van der Waals surface area contributed by atoms with Crippen molar-refractivity contribution in [2.75, 3.05) is 17.6 Å². The van der Waals surface area contributed by atoms with Crippen molar-refractivity contribution in [3.05, 3.63) is 41.6 Å². The molecule has 2 amide bonds. The Hall–Kier alpha value is -3.40. The van der Waals surface area contributed by atoms with E-state index in [0.29, 0.717) is 23.5 Å². The number of carboxylic acids is 1. The van der Waals surface area contributed by atoms with Gasteiger partial charge in [-0.05, 0) is 43.5 Å². The highest BCUT2D eigenvalue weighted by Gasteiger charge is 2.53. The van der Waals surface area contributed by atoms with Crippen molar-refractivity contribution in [2.45, 2.75) is 31.8 Å². The summed E-state index contributed by atoms with van der Waals surface area (Å²) >= 11 is 1.36. The van der Waals surface area contributed by atoms with E-state index in [9.17, 15) is 19.5 Å². The van der Waals surface area contributed by atoms with Crippen molar-refractivity contribution in [3.63, 3.8) is 0 Å². The lowest BCUT2D eigenvalue weighted by Crippen LogP contribution is -2.71. The van der Waals surface area contributed by atoms with Crippen LogP contribution in [0.4, 0.5) is 10.8 Å². The Morgan fingerprint density at radius 1 is 1.43 bits per heavy atom. The van der Waals surface area contributed by atoms with Gasteiger partial charge in [-0.25, -0.2) is 9.78 Å². The van der Waals surface area contributed by atoms with Gasteiger partial charge < -0.3 is 21.5 Å². The molecule has 156 valence electrons. The molecule has 1 saturated heterocycles. The molecular formula is C20H21N5O4S. The second-order valence-corrected chi connectivity index (χ2v) is 8.19. The van der Waals surface area contributed by atoms with Crippen molar-refractivity contribution >= 4 is 50.2 Å². The number of nitrogens with one attached hydrogen (secondary N) is 2. The SMILES string of the molecule is CC=CC1=C(C(=O)O)N2C(=O)[C@@H](NC(=O)CNc3ccc4nc(N)sc4c3)[C@H]2CC1. The van der Waals surface area contributed by atoms with Gasteiger partial charge in [0.1, 0.15) is 11.7 Å². The van der Waals surface area contributed by atoms with Crippen LogP contribution in [0.25, 0.3) is 10.2 Å². The number of rotatable bonds is 6. The highest BCUT2D eigenvalue weighted by atomic mass is 32.1. The molecule has 3 heterocycles. The summed E-state index contributed by atoms with van der Waals surface area (Å²) in [7, 11) is 0. The molecule has 30 heavy (non-hydrogen) atoms. The van der Waals surface area contributed by atoms with Crippen molar-refractivity contribution in [2.24, 2.45) is 0 Å². The number of fused-ring (bicyclic) bond motifs is 2. The monoisotopic (exact) mass is 427 g/mol. The Bertz CT molecular complexity index is 1110. The third kappa shape index (κ3) is 3.50. The Labute approximate surface area is 176 Å². The predicted molar refractivity (Wildman–Crippen MR) is 114 cm³/mol. The molecule has 0 unspecified atom stereocenters. The van der Waals surface area contributed by atoms with E-state index in [4.69, 9.17) is 5.73 Å². The second-order valence-electron chi connectivity index (χ2n) is 7.13. The van der Waals surface area contributed by atoms with E-state index in [0.717, 1.165) is 15.9 Å². The molecule has 0 radical (unpaired) electrons. The number of thiazole rings is 1.